The number of likely N-dealkylation sites (tertiary alicyclic amines) is 1. The number of methoxy groups -OCH3 is 1. The quantitative estimate of drug-likeness (QED) is 0.812. The summed E-state index contributed by atoms with van der Waals surface area (Å²) in [5.41, 5.74) is 1.37. The molecule has 1 atom stereocenters. The van der Waals surface area contributed by atoms with Gasteiger partial charge >= 0.3 is 0 Å². The van der Waals surface area contributed by atoms with E-state index in [1.807, 2.05) is 12.1 Å². The molecule has 1 aromatic carbocycles. The molecule has 18 heavy (non-hydrogen) atoms. The first-order valence-electron chi connectivity index (χ1n) is 6.73. The van der Waals surface area contributed by atoms with Gasteiger partial charge in [0.25, 0.3) is 0 Å². The predicted molar refractivity (Wildman–Crippen MR) is 76.2 cm³/mol. The first-order valence-corrected chi connectivity index (χ1v) is 7.11. The maximum atomic E-state index is 5.89. The lowest BCUT2D eigenvalue weighted by Gasteiger charge is -2.32. The van der Waals surface area contributed by atoms with Crippen molar-refractivity contribution in [3.8, 4) is 0 Å². The fraction of sp³-hybridized carbons (Fsp3) is 0.600. The molecule has 3 heteroatoms. The van der Waals surface area contributed by atoms with Gasteiger partial charge in [0.15, 0.2) is 0 Å². The lowest BCUT2D eigenvalue weighted by atomic mass is 9.98. The van der Waals surface area contributed by atoms with Crippen LogP contribution in [0.1, 0.15) is 18.4 Å². The van der Waals surface area contributed by atoms with Crippen LogP contribution in [0.15, 0.2) is 24.3 Å². The van der Waals surface area contributed by atoms with E-state index >= 15 is 0 Å². The Labute approximate surface area is 115 Å². The van der Waals surface area contributed by atoms with Crippen LogP contribution in [0.5, 0.6) is 0 Å². The van der Waals surface area contributed by atoms with E-state index in [0.29, 0.717) is 5.92 Å². The summed E-state index contributed by atoms with van der Waals surface area (Å²) in [6.45, 7) is 4.45. The monoisotopic (exact) mass is 267 g/mol. The first kappa shape index (κ1) is 13.9. The Balaban J connectivity index is 1.77. The van der Waals surface area contributed by atoms with Crippen LogP contribution in [0.2, 0.25) is 5.02 Å². The number of rotatable bonds is 5. The molecule has 0 bridgehead atoms. The topological polar surface area (TPSA) is 12.5 Å². The molecule has 2 rings (SSSR count). The van der Waals surface area contributed by atoms with E-state index < -0.39 is 0 Å². The van der Waals surface area contributed by atoms with Gasteiger partial charge in [-0.1, -0.05) is 23.7 Å². The van der Waals surface area contributed by atoms with Crippen molar-refractivity contribution in [3.05, 3.63) is 34.9 Å². The Hall–Kier alpha value is -0.570. The molecule has 0 aliphatic carbocycles. The number of hydrogen-bond acceptors (Lipinski definition) is 2. The molecule has 100 valence electrons. The van der Waals surface area contributed by atoms with Crippen LogP contribution in [0.4, 0.5) is 0 Å². The van der Waals surface area contributed by atoms with Gasteiger partial charge in [-0.3, -0.25) is 0 Å². The van der Waals surface area contributed by atoms with E-state index in [2.05, 4.69) is 17.0 Å². The summed E-state index contributed by atoms with van der Waals surface area (Å²) in [5, 5.41) is 0.817. The van der Waals surface area contributed by atoms with Gasteiger partial charge in [-0.15, -0.1) is 0 Å². The zero-order valence-corrected chi connectivity index (χ0v) is 11.8. The summed E-state index contributed by atoms with van der Waals surface area (Å²) in [6.07, 6.45) is 3.72. The van der Waals surface area contributed by atoms with Gasteiger partial charge in [0, 0.05) is 25.2 Å². The summed E-state index contributed by atoms with van der Waals surface area (Å²) in [6, 6.07) is 8.19. The van der Waals surface area contributed by atoms with Crippen LogP contribution >= 0.6 is 11.6 Å². The molecule has 1 aliphatic rings. The number of piperidine rings is 1. The third kappa shape index (κ3) is 4.27. The number of hydrogen-bond donors (Lipinski definition) is 0. The molecule has 1 aromatic rings. The second-order valence-corrected chi connectivity index (χ2v) is 5.58. The maximum absolute atomic E-state index is 5.89. The Morgan fingerprint density at radius 1 is 1.33 bits per heavy atom. The molecule has 0 aromatic heterocycles. The predicted octanol–water partition coefficient (Wildman–Crippen LogP) is 3.24. The van der Waals surface area contributed by atoms with Crippen LogP contribution in [0.25, 0.3) is 0 Å². The average molecular weight is 268 g/mol. The first-order chi connectivity index (χ1) is 8.78. The van der Waals surface area contributed by atoms with E-state index in [0.717, 1.165) is 24.6 Å². The third-order valence-corrected chi connectivity index (χ3v) is 3.89. The molecule has 0 amide bonds. The van der Waals surface area contributed by atoms with Crippen molar-refractivity contribution in [1.82, 2.24) is 4.90 Å². The number of ether oxygens (including phenoxy) is 1. The molecule has 0 N–H and O–H groups in total. The Kier molecular flexibility index (Phi) is 5.48. The van der Waals surface area contributed by atoms with E-state index in [1.54, 1.807) is 7.11 Å². The fourth-order valence-corrected chi connectivity index (χ4v) is 2.79. The van der Waals surface area contributed by atoms with Gasteiger partial charge in [-0.2, -0.15) is 0 Å². The molecule has 1 unspecified atom stereocenters. The zero-order chi connectivity index (χ0) is 12.8. The van der Waals surface area contributed by atoms with Crippen molar-refractivity contribution in [1.29, 1.82) is 0 Å². The number of benzene rings is 1. The summed E-state index contributed by atoms with van der Waals surface area (Å²) in [7, 11) is 1.80. The van der Waals surface area contributed by atoms with Crippen LogP contribution in [-0.2, 0) is 11.2 Å². The highest BCUT2D eigenvalue weighted by Crippen LogP contribution is 2.17. The van der Waals surface area contributed by atoms with Crippen molar-refractivity contribution in [2.24, 2.45) is 5.92 Å². The van der Waals surface area contributed by atoms with E-state index in [4.69, 9.17) is 16.3 Å². The van der Waals surface area contributed by atoms with Crippen molar-refractivity contribution in [3.63, 3.8) is 0 Å². The van der Waals surface area contributed by atoms with Gasteiger partial charge in [0.2, 0.25) is 0 Å². The molecule has 0 radical (unpaired) electrons. The highest BCUT2D eigenvalue weighted by molar-refractivity contribution is 6.30. The van der Waals surface area contributed by atoms with E-state index in [1.165, 1.54) is 31.5 Å². The Morgan fingerprint density at radius 3 is 2.83 bits per heavy atom. The van der Waals surface area contributed by atoms with Crippen molar-refractivity contribution < 1.29 is 4.74 Å². The molecule has 1 heterocycles. The normalized spacial score (nSPS) is 21.1. The van der Waals surface area contributed by atoms with Gasteiger partial charge in [0.1, 0.15) is 0 Å². The second-order valence-electron chi connectivity index (χ2n) is 5.14. The van der Waals surface area contributed by atoms with E-state index in [9.17, 15) is 0 Å². The van der Waals surface area contributed by atoms with Crippen molar-refractivity contribution in [2.45, 2.75) is 19.3 Å². The van der Waals surface area contributed by atoms with Crippen LogP contribution in [0, 0.1) is 5.92 Å². The summed E-state index contributed by atoms with van der Waals surface area (Å²) < 4.78 is 5.26. The van der Waals surface area contributed by atoms with Crippen molar-refractivity contribution >= 4 is 11.6 Å². The average Bonchev–Trinajstić information content (AvgIpc) is 2.39. The van der Waals surface area contributed by atoms with Gasteiger partial charge in [-0.25, -0.2) is 0 Å². The largest absolute Gasteiger partial charge is 0.384 e. The Morgan fingerprint density at radius 2 is 2.11 bits per heavy atom. The van der Waals surface area contributed by atoms with Gasteiger partial charge in [0.05, 0.1) is 6.61 Å². The minimum absolute atomic E-state index is 0.717. The molecule has 2 nitrogen and oxygen atoms in total. The summed E-state index contributed by atoms with van der Waals surface area (Å²) in [4.78, 5) is 2.56. The summed E-state index contributed by atoms with van der Waals surface area (Å²) in [5.74, 6) is 0.717. The standard InChI is InChI=1S/C15H22ClNO/c1-18-12-14-3-2-9-17(11-14)10-8-13-4-6-15(16)7-5-13/h4-7,14H,2-3,8-12H2,1H3. The minimum atomic E-state index is 0.717. The molecule has 1 aliphatic heterocycles. The van der Waals surface area contributed by atoms with Crippen LogP contribution < -0.4 is 0 Å². The summed E-state index contributed by atoms with van der Waals surface area (Å²) >= 11 is 5.89. The van der Waals surface area contributed by atoms with Crippen molar-refractivity contribution in [2.75, 3.05) is 33.4 Å². The molecular weight excluding hydrogens is 246 g/mol. The SMILES string of the molecule is COCC1CCCN(CCc2ccc(Cl)cc2)C1. The van der Waals surface area contributed by atoms with Crippen LogP contribution in [0.3, 0.4) is 0 Å². The molecule has 1 fully saturated rings. The molecule has 0 spiro atoms. The second kappa shape index (κ2) is 7.13. The third-order valence-electron chi connectivity index (χ3n) is 3.64. The molecule has 0 saturated carbocycles. The number of nitrogens with zero attached hydrogens (tertiary/aromatic N) is 1. The zero-order valence-electron chi connectivity index (χ0n) is 11.1. The smallest absolute Gasteiger partial charge is 0.0502 e. The highest BCUT2D eigenvalue weighted by Gasteiger charge is 2.19. The maximum Gasteiger partial charge on any atom is 0.0502 e. The number of halogens is 1. The van der Waals surface area contributed by atoms with Crippen LogP contribution in [-0.4, -0.2) is 38.3 Å². The van der Waals surface area contributed by atoms with Gasteiger partial charge < -0.3 is 9.64 Å². The minimum Gasteiger partial charge on any atom is -0.384 e. The fourth-order valence-electron chi connectivity index (χ4n) is 2.66. The molecule has 1 saturated heterocycles. The Bertz CT molecular complexity index is 350. The lowest BCUT2D eigenvalue weighted by molar-refractivity contribution is 0.0912. The van der Waals surface area contributed by atoms with Gasteiger partial charge in [-0.05, 0) is 49.4 Å². The van der Waals surface area contributed by atoms with E-state index in [-0.39, 0.29) is 0 Å². The molecular formula is C15H22ClNO. The lowest BCUT2D eigenvalue weighted by Crippen LogP contribution is -2.38. The highest BCUT2D eigenvalue weighted by atomic mass is 35.5.